The van der Waals surface area contributed by atoms with Gasteiger partial charge in [0.25, 0.3) is 5.56 Å². The number of carboxylic acids is 1. The van der Waals surface area contributed by atoms with Gasteiger partial charge in [-0.3, -0.25) is 9.69 Å². The van der Waals surface area contributed by atoms with Crippen molar-refractivity contribution in [1.29, 1.82) is 0 Å². The average Bonchev–Trinajstić information content (AvgIpc) is 2.51. The van der Waals surface area contributed by atoms with Gasteiger partial charge in [-0.2, -0.15) is 5.10 Å². The van der Waals surface area contributed by atoms with Crippen LogP contribution in [0.3, 0.4) is 0 Å². The Morgan fingerprint density at radius 3 is 2.48 bits per heavy atom. The Hall–Kier alpha value is -1.73. The largest absolute Gasteiger partial charge is 0.480 e. The van der Waals surface area contributed by atoms with Crippen LogP contribution in [0, 0.1) is 19.8 Å². The van der Waals surface area contributed by atoms with Crippen molar-refractivity contribution in [3.63, 3.8) is 0 Å². The van der Waals surface area contributed by atoms with Gasteiger partial charge < -0.3 is 9.84 Å². The molecule has 0 amide bonds. The number of nitrogens with zero attached hydrogens (tertiary/aromatic N) is 3. The summed E-state index contributed by atoms with van der Waals surface area (Å²) in [5.41, 5.74) is 1.93. The van der Waals surface area contributed by atoms with Crippen LogP contribution in [-0.2, 0) is 16.0 Å². The molecule has 1 fully saturated rings. The van der Waals surface area contributed by atoms with E-state index in [9.17, 15) is 14.7 Å². The SMILES string of the molecule is COC1CN(CCc2nn([C@@H](CC(C)C)C(=O)O)c(=O)c(C)c2C)C1. The first-order valence-electron chi connectivity index (χ1n) is 8.81. The van der Waals surface area contributed by atoms with Crippen molar-refractivity contribution in [3.8, 4) is 0 Å². The van der Waals surface area contributed by atoms with Gasteiger partial charge in [-0.1, -0.05) is 13.8 Å². The number of carbonyl (C=O) groups is 1. The Kier molecular flexibility index (Phi) is 6.35. The first-order valence-corrected chi connectivity index (χ1v) is 8.81. The molecule has 2 rings (SSSR count). The van der Waals surface area contributed by atoms with E-state index in [1.54, 1.807) is 14.0 Å². The lowest BCUT2D eigenvalue weighted by Crippen LogP contribution is -2.52. The van der Waals surface area contributed by atoms with Crippen molar-refractivity contribution in [2.24, 2.45) is 5.92 Å². The molecule has 1 aliphatic heterocycles. The summed E-state index contributed by atoms with van der Waals surface area (Å²) < 4.78 is 6.45. The molecule has 0 spiro atoms. The second kappa shape index (κ2) is 8.10. The molecule has 0 unspecified atom stereocenters. The molecule has 1 N–H and O–H groups in total. The Labute approximate surface area is 148 Å². The fourth-order valence-corrected chi connectivity index (χ4v) is 3.12. The van der Waals surface area contributed by atoms with E-state index < -0.39 is 12.0 Å². The molecule has 0 aromatic carbocycles. The highest BCUT2D eigenvalue weighted by Gasteiger charge is 2.28. The minimum atomic E-state index is -1.01. The molecular formula is C18H29N3O4. The molecule has 0 aliphatic carbocycles. The van der Waals surface area contributed by atoms with E-state index >= 15 is 0 Å². The van der Waals surface area contributed by atoms with Gasteiger partial charge in [-0.15, -0.1) is 0 Å². The number of likely N-dealkylation sites (tertiary alicyclic amines) is 1. The summed E-state index contributed by atoms with van der Waals surface area (Å²) in [5.74, 6) is -0.852. The zero-order valence-corrected chi connectivity index (χ0v) is 15.8. The summed E-state index contributed by atoms with van der Waals surface area (Å²) in [4.78, 5) is 26.5. The molecule has 0 radical (unpaired) electrons. The molecule has 1 saturated heterocycles. The van der Waals surface area contributed by atoms with Crippen LogP contribution in [0.25, 0.3) is 0 Å². The number of aliphatic carboxylic acids is 1. The second-order valence-electron chi connectivity index (χ2n) is 7.30. The molecule has 1 aliphatic rings. The van der Waals surface area contributed by atoms with E-state index in [0.29, 0.717) is 24.5 Å². The number of carboxylic acid groups (broad SMARTS) is 1. The molecule has 1 atom stereocenters. The molecule has 7 heteroatoms. The highest BCUT2D eigenvalue weighted by atomic mass is 16.5. The van der Waals surface area contributed by atoms with Crippen molar-refractivity contribution in [3.05, 3.63) is 27.2 Å². The maximum absolute atomic E-state index is 12.6. The summed E-state index contributed by atoms with van der Waals surface area (Å²) in [7, 11) is 1.72. The third-order valence-corrected chi connectivity index (χ3v) is 4.95. The van der Waals surface area contributed by atoms with Gasteiger partial charge in [0.1, 0.15) is 0 Å². The molecule has 1 aromatic heterocycles. The van der Waals surface area contributed by atoms with Crippen LogP contribution in [0.5, 0.6) is 0 Å². The molecule has 2 heterocycles. The summed E-state index contributed by atoms with van der Waals surface area (Å²) >= 11 is 0. The van der Waals surface area contributed by atoms with E-state index in [2.05, 4.69) is 10.00 Å². The molecule has 25 heavy (non-hydrogen) atoms. The monoisotopic (exact) mass is 351 g/mol. The molecular weight excluding hydrogens is 322 g/mol. The fourth-order valence-electron chi connectivity index (χ4n) is 3.12. The second-order valence-corrected chi connectivity index (χ2v) is 7.30. The lowest BCUT2D eigenvalue weighted by molar-refractivity contribution is -0.141. The highest BCUT2D eigenvalue weighted by molar-refractivity contribution is 5.71. The van der Waals surface area contributed by atoms with Crippen molar-refractivity contribution >= 4 is 5.97 Å². The number of ether oxygens (including phenoxy) is 1. The van der Waals surface area contributed by atoms with E-state index in [4.69, 9.17) is 4.74 Å². The number of methoxy groups -OCH3 is 1. The first kappa shape index (κ1) is 19.6. The summed E-state index contributed by atoms with van der Waals surface area (Å²) in [6.45, 7) is 10.2. The Morgan fingerprint density at radius 1 is 1.32 bits per heavy atom. The van der Waals surface area contributed by atoms with E-state index in [-0.39, 0.29) is 11.5 Å². The smallest absolute Gasteiger partial charge is 0.328 e. The number of rotatable bonds is 8. The normalized spacial score (nSPS) is 16.9. The number of aromatic nitrogens is 2. The van der Waals surface area contributed by atoms with Gasteiger partial charge in [-0.25, -0.2) is 9.48 Å². The van der Waals surface area contributed by atoms with Crippen LogP contribution in [0.2, 0.25) is 0 Å². The van der Waals surface area contributed by atoms with Crippen molar-refractivity contribution in [1.82, 2.24) is 14.7 Å². The third-order valence-electron chi connectivity index (χ3n) is 4.95. The molecule has 0 bridgehead atoms. The van der Waals surface area contributed by atoms with Crippen LogP contribution < -0.4 is 5.56 Å². The van der Waals surface area contributed by atoms with Crippen LogP contribution in [0.1, 0.15) is 43.1 Å². The van der Waals surface area contributed by atoms with Gasteiger partial charge >= 0.3 is 5.97 Å². The van der Waals surface area contributed by atoms with Crippen molar-refractivity contribution in [2.45, 2.75) is 52.7 Å². The number of hydrogen-bond acceptors (Lipinski definition) is 5. The van der Waals surface area contributed by atoms with Gasteiger partial charge in [0.2, 0.25) is 0 Å². The molecule has 7 nitrogen and oxygen atoms in total. The fraction of sp³-hybridized carbons (Fsp3) is 0.722. The molecule has 0 saturated carbocycles. The Bertz CT molecular complexity index is 678. The van der Waals surface area contributed by atoms with Gasteiger partial charge in [-0.05, 0) is 31.7 Å². The first-order chi connectivity index (χ1) is 11.7. The lowest BCUT2D eigenvalue weighted by Gasteiger charge is -2.38. The predicted octanol–water partition coefficient (Wildman–Crippen LogP) is 1.41. The number of hydrogen-bond donors (Lipinski definition) is 1. The zero-order chi connectivity index (χ0) is 18.7. The minimum Gasteiger partial charge on any atom is -0.480 e. The molecule has 1 aromatic rings. The maximum atomic E-state index is 12.6. The Morgan fingerprint density at radius 2 is 1.96 bits per heavy atom. The van der Waals surface area contributed by atoms with Crippen molar-refractivity contribution in [2.75, 3.05) is 26.7 Å². The quantitative estimate of drug-likeness (QED) is 0.762. The zero-order valence-electron chi connectivity index (χ0n) is 15.8. The summed E-state index contributed by atoms with van der Waals surface area (Å²) in [6.07, 6.45) is 1.37. The topological polar surface area (TPSA) is 84.7 Å². The molecule has 140 valence electrons. The summed E-state index contributed by atoms with van der Waals surface area (Å²) in [5, 5.41) is 14.0. The van der Waals surface area contributed by atoms with Gasteiger partial charge in [0.15, 0.2) is 6.04 Å². The van der Waals surface area contributed by atoms with Crippen LogP contribution >= 0.6 is 0 Å². The van der Waals surface area contributed by atoms with Crippen LogP contribution in [-0.4, -0.2) is 58.6 Å². The standard InChI is InChI=1S/C18H29N3O4/c1-11(2)8-16(18(23)24)21-17(22)13(4)12(3)15(19-21)6-7-20-9-14(10-20)25-5/h11,14,16H,6-10H2,1-5H3,(H,23,24)/t16-/m0/s1. The minimum absolute atomic E-state index is 0.159. The highest BCUT2D eigenvalue weighted by Crippen LogP contribution is 2.18. The van der Waals surface area contributed by atoms with Gasteiger partial charge in [0, 0.05) is 38.7 Å². The maximum Gasteiger partial charge on any atom is 0.328 e. The average molecular weight is 351 g/mol. The third kappa shape index (κ3) is 4.46. The van der Waals surface area contributed by atoms with Crippen LogP contribution in [0.15, 0.2) is 4.79 Å². The summed E-state index contributed by atoms with van der Waals surface area (Å²) in [6, 6.07) is -0.924. The Balaban J connectivity index is 2.24. The van der Waals surface area contributed by atoms with E-state index in [1.165, 1.54) is 4.68 Å². The van der Waals surface area contributed by atoms with E-state index in [1.807, 2.05) is 20.8 Å². The van der Waals surface area contributed by atoms with E-state index in [0.717, 1.165) is 30.9 Å². The van der Waals surface area contributed by atoms with Crippen LogP contribution in [0.4, 0.5) is 0 Å². The lowest BCUT2D eigenvalue weighted by atomic mass is 10.0. The predicted molar refractivity (Wildman–Crippen MR) is 95.0 cm³/mol. The van der Waals surface area contributed by atoms with Crippen molar-refractivity contribution < 1.29 is 14.6 Å². The van der Waals surface area contributed by atoms with Gasteiger partial charge in [0.05, 0.1) is 11.8 Å².